The van der Waals surface area contributed by atoms with Crippen molar-refractivity contribution in [1.29, 1.82) is 0 Å². The van der Waals surface area contributed by atoms with Crippen LogP contribution in [0.3, 0.4) is 0 Å². The molecule has 0 saturated carbocycles. The third-order valence-electron chi connectivity index (χ3n) is 3.73. The van der Waals surface area contributed by atoms with E-state index >= 15 is 0 Å². The Labute approximate surface area is 151 Å². The number of carbonyl (C=O) groups is 1. The van der Waals surface area contributed by atoms with Crippen LogP contribution >= 0.6 is 0 Å². The Balaban J connectivity index is 1.60. The molecule has 0 atom stereocenters. The van der Waals surface area contributed by atoms with Gasteiger partial charge >= 0.3 is 5.97 Å². The Kier molecular flexibility index (Phi) is 5.59. The molecule has 0 aliphatic carbocycles. The molecular formula is C21H20O5. The highest BCUT2D eigenvalue weighted by Gasteiger charge is 2.06. The normalized spacial score (nSPS) is 11.0. The summed E-state index contributed by atoms with van der Waals surface area (Å²) in [5.41, 5.74) is 1.58. The highest BCUT2D eigenvalue weighted by atomic mass is 16.5. The summed E-state index contributed by atoms with van der Waals surface area (Å²) in [6.45, 7) is 2.55. The van der Waals surface area contributed by atoms with E-state index in [2.05, 4.69) is 0 Å². The Bertz CT molecular complexity index is 890. The minimum absolute atomic E-state index is 0.0878. The van der Waals surface area contributed by atoms with Gasteiger partial charge in [0, 0.05) is 11.5 Å². The standard InChI is InChI=1S/C21H20O5/c1-3-24-19-10-8-15(12-20(19)23-2)9-11-21(22)25-14-17-13-16-6-4-5-7-18(16)26-17/h4-13H,3,14H2,1-2H3/b11-9+. The lowest BCUT2D eigenvalue weighted by Gasteiger charge is -2.09. The molecule has 5 heteroatoms. The van der Waals surface area contributed by atoms with Crippen LogP contribution in [0.2, 0.25) is 0 Å². The van der Waals surface area contributed by atoms with Gasteiger partial charge < -0.3 is 18.6 Å². The van der Waals surface area contributed by atoms with Crippen molar-refractivity contribution in [3.8, 4) is 11.5 Å². The van der Waals surface area contributed by atoms with Crippen LogP contribution in [0.4, 0.5) is 0 Å². The molecule has 3 aromatic rings. The lowest BCUT2D eigenvalue weighted by molar-refractivity contribution is -0.139. The van der Waals surface area contributed by atoms with Crippen LogP contribution < -0.4 is 9.47 Å². The lowest BCUT2D eigenvalue weighted by atomic mass is 10.2. The number of hydrogen-bond donors (Lipinski definition) is 0. The zero-order valence-electron chi connectivity index (χ0n) is 14.7. The summed E-state index contributed by atoms with van der Waals surface area (Å²) in [5, 5.41) is 0.982. The maximum absolute atomic E-state index is 11.9. The van der Waals surface area contributed by atoms with Gasteiger partial charge in [0.05, 0.1) is 13.7 Å². The van der Waals surface area contributed by atoms with Gasteiger partial charge in [0.2, 0.25) is 0 Å². The average molecular weight is 352 g/mol. The Morgan fingerprint density at radius 3 is 2.73 bits per heavy atom. The summed E-state index contributed by atoms with van der Waals surface area (Å²) in [4.78, 5) is 11.9. The van der Waals surface area contributed by atoms with Crippen molar-refractivity contribution in [2.24, 2.45) is 0 Å². The van der Waals surface area contributed by atoms with Crippen molar-refractivity contribution in [2.75, 3.05) is 13.7 Å². The number of hydrogen-bond acceptors (Lipinski definition) is 5. The number of fused-ring (bicyclic) bond motifs is 1. The SMILES string of the molecule is CCOc1ccc(/C=C/C(=O)OCc2cc3ccccc3o2)cc1OC. The van der Waals surface area contributed by atoms with E-state index in [9.17, 15) is 4.79 Å². The summed E-state index contributed by atoms with van der Waals surface area (Å²) in [6.07, 6.45) is 3.04. The van der Waals surface area contributed by atoms with Crippen LogP contribution in [0.1, 0.15) is 18.2 Å². The van der Waals surface area contributed by atoms with Crippen LogP contribution in [-0.2, 0) is 16.1 Å². The molecule has 0 saturated heterocycles. The quantitative estimate of drug-likeness (QED) is 0.459. The number of para-hydroxylation sites is 1. The molecule has 0 spiro atoms. The van der Waals surface area contributed by atoms with E-state index in [1.165, 1.54) is 6.08 Å². The van der Waals surface area contributed by atoms with E-state index in [0.717, 1.165) is 16.5 Å². The molecule has 134 valence electrons. The fraction of sp³-hybridized carbons (Fsp3) is 0.190. The molecule has 1 aromatic heterocycles. The van der Waals surface area contributed by atoms with Gasteiger partial charge in [0.15, 0.2) is 11.5 Å². The molecule has 0 bridgehead atoms. The number of esters is 1. The number of carbonyl (C=O) groups excluding carboxylic acids is 1. The fourth-order valence-corrected chi connectivity index (χ4v) is 2.53. The van der Waals surface area contributed by atoms with Crippen molar-refractivity contribution >= 4 is 23.0 Å². The topological polar surface area (TPSA) is 57.9 Å². The van der Waals surface area contributed by atoms with E-state index in [1.807, 2.05) is 49.4 Å². The first kappa shape index (κ1) is 17.6. The van der Waals surface area contributed by atoms with Crippen molar-refractivity contribution in [3.05, 3.63) is 65.9 Å². The maximum Gasteiger partial charge on any atom is 0.331 e. The van der Waals surface area contributed by atoms with Gasteiger partial charge in [0.25, 0.3) is 0 Å². The van der Waals surface area contributed by atoms with E-state index in [-0.39, 0.29) is 6.61 Å². The van der Waals surface area contributed by atoms with E-state index < -0.39 is 5.97 Å². The van der Waals surface area contributed by atoms with Crippen molar-refractivity contribution < 1.29 is 23.4 Å². The monoisotopic (exact) mass is 352 g/mol. The first-order valence-electron chi connectivity index (χ1n) is 8.32. The van der Waals surface area contributed by atoms with Crippen LogP contribution in [0.5, 0.6) is 11.5 Å². The molecule has 0 unspecified atom stereocenters. The highest BCUT2D eigenvalue weighted by Crippen LogP contribution is 2.28. The number of ether oxygens (including phenoxy) is 3. The Morgan fingerprint density at radius 1 is 1.12 bits per heavy atom. The summed E-state index contributed by atoms with van der Waals surface area (Å²) in [6, 6.07) is 15.0. The van der Waals surface area contributed by atoms with Crippen LogP contribution in [0.25, 0.3) is 17.0 Å². The number of benzene rings is 2. The molecule has 0 amide bonds. The van der Waals surface area contributed by atoms with Crippen molar-refractivity contribution in [1.82, 2.24) is 0 Å². The zero-order valence-corrected chi connectivity index (χ0v) is 14.7. The zero-order chi connectivity index (χ0) is 18.4. The molecule has 5 nitrogen and oxygen atoms in total. The van der Waals surface area contributed by atoms with Gasteiger partial charge in [-0.3, -0.25) is 0 Å². The number of rotatable bonds is 7. The second kappa shape index (κ2) is 8.25. The minimum Gasteiger partial charge on any atom is -0.493 e. The van der Waals surface area contributed by atoms with Crippen molar-refractivity contribution in [2.45, 2.75) is 13.5 Å². The Hall–Kier alpha value is -3.21. The molecule has 0 fully saturated rings. The predicted molar refractivity (Wildman–Crippen MR) is 99.2 cm³/mol. The van der Waals surface area contributed by atoms with Crippen LogP contribution in [-0.4, -0.2) is 19.7 Å². The first-order valence-corrected chi connectivity index (χ1v) is 8.32. The molecule has 0 N–H and O–H groups in total. The van der Waals surface area contributed by atoms with Gasteiger partial charge in [-0.1, -0.05) is 24.3 Å². The molecule has 0 radical (unpaired) electrons. The second-order valence-electron chi connectivity index (χ2n) is 5.53. The Morgan fingerprint density at radius 2 is 1.96 bits per heavy atom. The summed E-state index contributed by atoms with van der Waals surface area (Å²) in [5.74, 6) is 1.44. The van der Waals surface area contributed by atoms with Gasteiger partial charge in [-0.15, -0.1) is 0 Å². The first-order chi connectivity index (χ1) is 12.7. The summed E-state index contributed by atoms with van der Waals surface area (Å²) >= 11 is 0. The molecule has 0 aliphatic rings. The third-order valence-corrected chi connectivity index (χ3v) is 3.73. The van der Waals surface area contributed by atoms with Crippen LogP contribution in [0, 0.1) is 0 Å². The van der Waals surface area contributed by atoms with Gasteiger partial charge in [-0.05, 0) is 42.8 Å². The smallest absolute Gasteiger partial charge is 0.331 e. The summed E-state index contributed by atoms with van der Waals surface area (Å²) < 4.78 is 21.6. The molecule has 1 heterocycles. The molecule has 0 aliphatic heterocycles. The minimum atomic E-state index is -0.446. The average Bonchev–Trinajstić information content (AvgIpc) is 3.08. The molecular weight excluding hydrogens is 332 g/mol. The van der Waals surface area contributed by atoms with E-state index in [4.69, 9.17) is 18.6 Å². The predicted octanol–water partition coefficient (Wildman–Crippen LogP) is 4.60. The van der Waals surface area contributed by atoms with Crippen molar-refractivity contribution in [3.63, 3.8) is 0 Å². The largest absolute Gasteiger partial charge is 0.493 e. The van der Waals surface area contributed by atoms with Gasteiger partial charge in [0.1, 0.15) is 18.0 Å². The lowest BCUT2D eigenvalue weighted by Crippen LogP contribution is -2.00. The second-order valence-corrected chi connectivity index (χ2v) is 5.53. The van der Waals surface area contributed by atoms with Crippen LogP contribution in [0.15, 0.2) is 59.0 Å². The third kappa shape index (κ3) is 4.25. The fourth-order valence-electron chi connectivity index (χ4n) is 2.53. The molecule has 3 rings (SSSR count). The number of furan rings is 1. The molecule has 26 heavy (non-hydrogen) atoms. The van der Waals surface area contributed by atoms with Gasteiger partial charge in [-0.2, -0.15) is 0 Å². The number of methoxy groups -OCH3 is 1. The highest BCUT2D eigenvalue weighted by molar-refractivity contribution is 5.87. The van der Waals surface area contributed by atoms with E-state index in [0.29, 0.717) is 23.9 Å². The molecule has 2 aromatic carbocycles. The maximum atomic E-state index is 11.9. The summed E-state index contributed by atoms with van der Waals surface area (Å²) in [7, 11) is 1.58. The van der Waals surface area contributed by atoms with Gasteiger partial charge in [-0.25, -0.2) is 4.79 Å². The van der Waals surface area contributed by atoms with E-state index in [1.54, 1.807) is 19.3 Å².